The molecule has 0 radical (unpaired) electrons. The number of halogens is 2. The zero-order chi connectivity index (χ0) is 19.8. The van der Waals surface area contributed by atoms with Crippen LogP contribution in [0.3, 0.4) is 0 Å². The summed E-state index contributed by atoms with van der Waals surface area (Å²) < 4.78 is 34.5. The molecule has 2 aromatic carbocycles. The fourth-order valence-electron chi connectivity index (χ4n) is 2.14. The Morgan fingerprint density at radius 1 is 1.00 bits per heavy atom. The summed E-state index contributed by atoms with van der Waals surface area (Å²) in [6.45, 7) is -1.08. The Morgan fingerprint density at radius 3 is 2.19 bits per heavy atom. The molecule has 3 amide bonds. The average molecular weight is 379 g/mol. The minimum atomic E-state index is -2.99. The number of carbonyl (C=O) groups is 2. The molecule has 0 heterocycles. The summed E-state index contributed by atoms with van der Waals surface area (Å²) in [5.41, 5.74) is 1.26. The largest absolute Gasteiger partial charge is 0.490 e. The van der Waals surface area contributed by atoms with Crippen molar-refractivity contribution in [1.29, 1.82) is 0 Å². The van der Waals surface area contributed by atoms with Gasteiger partial charge in [-0.1, -0.05) is 0 Å². The van der Waals surface area contributed by atoms with E-state index in [-0.39, 0.29) is 29.7 Å². The minimum absolute atomic E-state index is 0.0515. The maximum atomic E-state index is 12.4. The molecular weight excluding hydrogens is 360 g/mol. The van der Waals surface area contributed by atoms with E-state index in [1.807, 2.05) is 0 Å². The summed E-state index contributed by atoms with van der Waals surface area (Å²) in [7, 11) is 1.50. The van der Waals surface area contributed by atoms with Gasteiger partial charge in [0.1, 0.15) is 0 Å². The fourth-order valence-corrected chi connectivity index (χ4v) is 2.14. The molecule has 144 valence electrons. The van der Waals surface area contributed by atoms with Gasteiger partial charge < -0.3 is 25.4 Å². The number of rotatable bonds is 7. The molecule has 2 aromatic rings. The van der Waals surface area contributed by atoms with Crippen molar-refractivity contribution in [2.45, 2.75) is 13.5 Å². The van der Waals surface area contributed by atoms with E-state index in [9.17, 15) is 18.4 Å². The number of alkyl halides is 2. The van der Waals surface area contributed by atoms with Crippen molar-refractivity contribution >= 4 is 23.3 Å². The summed E-state index contributed by atoms with van der Waals surface area (Å²) in [6.07, 6.45) is 0. The number of ether oxygens (including phenoxy) is 2. The van der Waals surface area contributed by atoms with Crippen LogP contribution < -0.4 is 25.4 Å². The van der Waals surface area contributed by atoms with Crippen molar-refractivity contribution in [3.63, 3.8) is 0 Å². The molecule has 0 unspecified atom stereocenters. The maximum Gasteiger partial charge on any atom is 0.387 e. The number of benzene rings is 2. The van der Waals surface area contributed by atoms with Crippen LogP contribution in [-0.2, 0) is 0 Å². The summed E-state index contributed by atoms with van der Waals surface area (Å²) in [4.78, 5) is 23.6. The maximum absolute atomic E-state index is 12.4. The number of urea groups is 1. The lowest BCUT2D eigenvalue weighted by atomic mass is 10.1. The quantitative estimate of drug-likeness (QED) is 0.685. The molecule has 0 aliphatic heterocycles. The Kier molecular flexibility index (Phi) is 6.93. The molecule has 0 saturated heterocycles. The van der Waals surface area contributed by atoms with E-state index in [2.05, 4.69) is 20.7 Å². The molecule has 27 heavy (non-hydrogen) atoms. The smallest absolute Gasteiger partial charge is 0.387 e. The second-order valence-electron chi connectivity index (χ2n) is 5.21. The third-order valence-corrected chi connectivity index (χ3v) is 3.35. The standard InChI is InChI=1S/C18H19F2N3O4/c1-3-26-15-10-11(4-9-14(15)27-17(19)20)16(24)22-12-5-7-13(8-6-12)23-18(25)21-2/h4-10,17H,3H2,1-2H3,(H,22,24)(H2,21,23,25). The highest BCUT2D eigenvalue weighted by molar-refractivity contribution is 6.04. The van der Waals surface area contributed by atoms with Crippen LogP contribution in [0.4, 0.5) is 25.0 Å². The van der Waals surface area contributed by atoms with Gasteiger partial charge in [-0.15, -0.1) is 0 Å². The summed E-state index contributed by atoms with van der Waals surface area (Å²) >= 11 is 0. The van der Waals surface area contributed by atoms with Crippen molar-refractivity contribution in [3.05, 3.63) is 48.0 Å². The van der Waals surface area contributed by atoms with E-state index in [4.69, 9.17) is 4.74 Å². The Bertz CT molecular complexity index is 798. The van der Waals surface area contributed by atoms with Gasteiger partial charge in [0.2, 0.25) is 0 Å². The first kappa shape index (κ1) is 20.0. The van der Waals surface area contributed by atoms with Crippen LogP contribution in [0.5, 0.6) is 11.5 Å². The Labute approximate surface area is 154 Å². The molecule has 0 aliphatic rings. The topological polar surface area (TPSA) is 88.7 Å². The zero-order valence-corrected chi connectivity index (χ0v) is 14.7. The average Bonchev–Trinajstić information content (AvgIpc) is 2.64. The molecule has 7 nitrogen and oxygen atoms in total. The van der Waals surface area contributed by atoms with Crippen LogP contribution in [0, 0.1) is 0 Å². The van der Waals surface area contributed by atoms with E-state index in [0.29, 0.717) is 11.4 Å². The van der Waals surface area contributed by atoms with Gasteiger partial charge in [0.25, 0.3) is 5.91 Å². The van der Waals surface area contributed by atoms with Crippen LogP contribution in [0.25, 0.3) is 0 Å². The van der Waals surface area contributed by atoms with Crippen molar-refractivity contribution < 1.29 is 27.8 Å². The van der Waals surface area contributed by atoms with Crippen molar-refractivity contribution in [3.8, 4) is 11.5 Å². The number of nitrogens with one attached hydrogen (secondary N) is 3. The molecule has 0 fully saturated rings. The zero-order valence-electron chi connectivity index (χ0n) is 14.7. The molecule has 0 aliphatic carbocycles. The van der Waals surface area contributed by atoms with Crippen molar-refractivity contribution in [2.24, 2.45) is 0 Å². The summed E-state index contributed by atoms with van der Waals surface area (Å²) in [5, 5.41) is 7.69. The molecule has 0 aromatic heterocycles. The minimum Gasteiger partial charge on any atom is -0.490 e. The molecule has 0 saturated carbocycles. The highest BCUT2D eigenvalue weighted by Crippen LogP contribution is 2.30. The number of hydrogen-bond donors (Lipinski definition) is 3. The van der Waals surface area contributed by atoms with Crippen LogP contribution in [0.2, 0.25) is 0 Å². The van der Waals surface area contributed by atoms with E-state index < -0.39 is 12.5 Å². The van der Waals surface area contributed by atoms with Gasteiger partial charge in [-0.25, -0.2) is 4.79 Å². The van der Waals surface area contributed by atoms with E-state index in [1.54, 1.807) is 31.2 Å². The predicted molar refractivity (Wildman–Crippen MR) is 96.7 cm³/mol. The number of anilines is 2. The van der Waals surface area contributed by atoms with Gasteiger partial charge in [0, 0.05) is 24.0 Å². The van der Waals surface area contributed by atoms with Gasteiger partial charge in [-0.05, 0) is 49.4 Å². The Hall–Kier alpha value is -3.36. The highest BCUT2D eigenvalue weighted by Gasteiger charge is 2.15. The molecule has 9 heteroatoms. The van der Waals surface area contributed by atoms with Crippen molar-refractivity contribution in [1.82, 2.24) is 5.32 Å². The SMILES string of the molecule is CCOc1cc(C(=O)Nc2ccc(NC(=O)NC)cc2)ccc1OC(F)F. The summed E-state index contributed by atoms with van der Waals surface area (Å²) in [5.74, 6) is -0.546. The van der Waals surface area contributed by atoms with Gasteiger partial charge in [0.05, 0.1) is 6.61 Å². The molecule has 0 bridgehead atoms. The van der Waals surface area contributed by atoms with E-state index in [1.165, 1.54) is 25.2 Å². The van der Waals surface area contributed by atoms with Crippen LogP contribution in [-0.4, -0.2) is 32.2 Å². The van der Waals surface area contributed by atoms with E-state index in [0.717, 1.165) is 0 Å². The first-order valence-electron chi connectivity index (χ1n) is 8.04. The molecule has 0 atom stereocenters. The summed E-state index contributed by atoms with van der Waals surface area (Å²) in [6, 6.07) is 10.0. The van der Waals surface area contributed by atoms with E-state index >= 15 is 0 Å². The molecule has 0 spiro atoms. The number of hydrogen-bond acceptors (Lipinski definition) is 4. The second kappa shape index (κ2) is 9.37. The van der Waals surface area contributed by atoms with Gasteiger partial charge in [-0.3, -0.25) is 4.79 Å². The van der Waals surface area contributed by atoms with Gasteiger partial charge in [0.15, 0.2) is 11.5 Å². The lowest BCUT2D eigenvalue weighted by Gasteiger charge is -2.13. The molecule has 2 rings (SSSR count). The van der Waals surface area contributed by atoms with Crippen molar-refractivity contribution in [2.75, 3.05) is 24.3 Å². The normalized spacial score (nSPS) is 10.3. The fraction of sp³-hybridized carbons (Fsp3) is 0.222. The van der Waals surface area contributed by atoms with Gasteiger partial charge >= 0.3 is 12.6 Å². The monoisotopic (exact) mass is 379 g/mol. The van der Waals surface area contributed by atoms with Gasteiger partial charge in [-0.2, -0.15) is 8.78 Å². The van der Waals surface area contributed by atoms with Crippen LogP contribution in [0.1, 0.15) is 17.3 Å². The lowest BCUT2D eigenvalue weighted by Crippen LogP contribution is -2.24. The molecular formula is C18H19F2N3O4. The van der Waals surface area contributed by atoms with Crippen LogP contribution >= 0.6 is 0 Å². The third kappa shape index (κ3) is 5.84. The first-order valence-corrected chi connectivity index (χ1v) is 8.04. The number of carbonyl (C=O) groups excluding carboxylic acids is 2. The first-order chi connectivity index (χ1) is 12.9. The lowest BCUT2D eigenvalue weighted by molar-refractivity contribution is -0.0514. The Morgan fingerprint density at radius 2 is 1.63 bits per heavy atom. The second-order valence-corrected chi connectivity index (χ2v) is 5.21. The predicted octanol–water partition coefficient (Wildman–Crippen LogP) is 3.69. The third-order valence-electron chi connectivity index (χ3n) is 3.35. The Balaban J connectivity index is 2.10. The highest BCUT2D eigenvalue weighted by atomic mass is 19.3. The van der Waals surface area contributed by atoms with Crippen LogP contribution in [0.15, 0.2) is 42.5 Å². The molecule has 3 N–H and O–H groups in total. The number of amides is 3.